The van der Waals surface area contributed by atoms with E-state index in [-0.39, 0.29) is 11.0 Å². The highest BCUT2D eigenvalue weighted by Gasteiger charge is 2.33. The standard InChI is InChI=1S/C9H14F3N5S/c1-17(2)3-4-18-7-5-6(9(10,11)12)14-8(15-7)16-13/h5H,3-4,13H2,1-2H3,(H,14,15,16). The molecule has 0 aliphatic carbocycles. The Morgan fingerprint density at radius 2 is 2.06 bits per heavy atom. The van der Waals surface area contributed by atoms with Gasteiger partial charge in [-0.3, -0.25) is 5.43 Å². The molecule has 0 aromatic carbocycles. The molecule has 0 atom stereocenters. The first-order valence-electron chi connectivity index (χ1n) is 5.03. The van der Waals surface area contributed by atoms with Gasteiger partial charge in [-0.25, -0.2) is 15.8 Å². The predicted molar refractivity (Wildman–Crippen MR) is 64.1 cm³/mol. The third kappa shape index (κ3) is 4.67. The number of hydrazine groups is 1. The molecule has 9 heteroatoms. The van der Waals surface area contributed by atoms with E-state index in [2.05, 4.69) is 9.97 Å². The Balaban J connectivity index is 2.84. The largest absolute Gasteiger partial charge is 0.433 e. The van der Waals surface area contributed by atoms with Gasteiger partial charge in [-0.1, -0.05) is 0 Å². The van der Waals surface area contributed by atoms with Gasteiger partial charge in [0, 0.05) is 18.4 Å². The van der Waals surface area contributed by atoms with Gasteiger partial charge in [-0.05, 0) is 14.1 Å². The number of rotatable bonds is 5. The van der Waals surface area contributed by atoms with Gasteiger partial charge < -0.3 is 4.90 Å². The Hall–Kier alpha value is -1.06. The maximum absolute atomic E-state index is 12.6. The molecule has 1 heterocycles. The second kappa shape index (κ2) is 6.21. The summed E-state index contributed by atoms with van der Waals surface area (Å²) in [6, 6.07) is 0.918. The number of thioether (sulfide) groups is 1. The molecule has 102 valence electrons. The smallest absolute Gasteiger partial charge is 0.309 e. The number of nitrogens with two attached hydrogens (primary N) is 1. The Morgan fingerprint density at radius 1 is 1.39 bits per heavy atom. The topological polar surface area (TPSA) is 67.1 Å². The minimum Gasteiger partial charge on any atom is -0.309 e. The van der Waals surface area contributed by atoms with Crippen molar-refractivity contribution in [3.63, 3.8) is 0 Å². The van der Waals surface area contributed by atoms with Crippen LogP contribution in [0.4, 0.5) is 19.1 Å². The van der Waals surface area contributed by atoms with E-state index < -0.39 is 11.9 Å². The first-order valence-corrected chi connectivity index (χ1v) is 6.02. The fourth-order valence-electron chi connectivity index (χ4n) is 1.04. The van der Waals surface area contributed by atoms with Crippen molar-refractivity contribution in [1.29, 1.82) is 0 Å². The minimum absolute atomic E-state index is 0.239. The zero-order chi connectivity index (χ0) is 13.8. The number of halogens is 3. The van der Waals surface area contributed by atoms with E-state index in [1.165, 1.54) is 11.8 Å². The van der Waals surface area contributed by atoms with Gasteiger partial charge in [0.1, 0.15) is 5.03 Å². The lowest BCUT2D eigenvalue weighted by Crippen LogP contribution is -2.17. The second-order valence-electron chi connectivity index (χ2n) is 3.71. The Morgan fingerprint density at radius 3 is 2.56 bits per heavy atom. The van der Waals surface area contributed by atoms with E-state index in [1.807, 2.05) is 24.4 Å². The Kier molecular flexibility index (Phi) is 5.17. The van der Waals surface area contributed by atoms with Gasteiger partial charge in [0.2, 0.25) is 5.95 Å². The molecule has 0 aliphatic rings. The van der Waals surface area contributed by atoms with Gasteiger partial charge in [-0.2, -0.15) is 13.2 Å². The fraction of sp³-hybridized carbons (Fsp3) is 0.556. The molecule has 1 aromatic rings. The van der Waals surface area contributed by atoms with E-state index in [9.17, 15) is 13.2 Å². The molecule has 5 nitrogen and oxygen atoms in total. The summed E-state index contributed by atoms with van der Waals surface area (Å²) < 4.78 is 37.7. The zero-order valence-electron chi connectivity index (χ0n) is 9.95. The van der Waals surface area contributed by atoms with E-state index >= 15 is 0 Å². The Bertz CT molecular complexity index is 396. The van der Waals surface area contributed by atoms with Crippen LogP contribution in [0.5, 0.6) is 0 Å². The van der Waals surface area contributed by atoms with Crippen molar-refractivity contribution in [2.75, 3.05) is 31.8 Å². The van der Waals surface area contributed by atoms with Crippen LogP contribution in [0, 0.1) is 0 Å². The third-order valence-corrected chi connectivity index (χ3v) is 2.80. The van der Waals surface area contributed by atoms with Crippen LogP contribution in [0.15, 0.2) is 11.1 Å². The van der Waals surface area contributed by atoms with Gasteiger partial charge in [0.05, 0.1) is 0 Å². The molecule has 0 amide bonds. The molecule has 0 saturated carbocycles. The SMILES string of the molecule is CN(C)CCSc1cc(C(F)(F)F)nc(NN)n1. The fourth-order valence-corrected chi connectivity index (χ4v) is 2.05. The van der Waals surface area contributed by atoms with Crippen LogP contribution >= 0.6 is 11.8 Å². The molecule has 1 aromatic heterocycles. The number of hydrogen-bond donors (Lipinski definition) is 2. The summed E-state index contributed by atoms with van der Waals surface area (Å²) in [5, 5.41) is 0.243. The lowest BCUT2D eigenvalue weighted by molar-refractivity contribution is -0.141. The summed E-state index contributed by atoms with van der Waals surface area (Å²) in [6.07, 6.45) is -4.51. The van der Waals surface area contributed by atoms with Crippen molar-refractivity contribution in [1.82, 2.24) is 14.9 Å². The van der Waals surface area contributed by atoms with Crippen LogP contribution in [-0.4, -0.2) is 41.3 Å². The van der Waals surface area contributed by atoms with Crippen LogP contribution in [0.2, 0.25) is 0 Å². The summed E-state index contributed by atoms with van der Waals surface area (Å²) in [5.41, 5.74) is 1.03. The molecule has 0 radical (unpaired) electrons. The minimum atomic E-state index is -4.51. The Labute approximate surface area is 107 Å². The van der Waals surface area contributed by atoms with Crippen LogP contribution in [-0.2, 0) is 6.18 Å². The van der Waals surface area contributed by atoms with Crippen LogP contribution in [0.3, 0.4) is 0 Å². The molecule has 0 bridgehead atoms. The number of alkyl halides is 3. The van der Waals surface area contributed by atoms with E-state index in [1.54, 1.807) is 0 Å². The number of hydrogen-bond acceptors (Lipinski definition) is 6. The summed E-state index contributed by atoms with van der Waals surface area (Å²) in [6.45, 7) is 0.738. The van der Waals surface area contributed by atoms with Gasteiger partial charge in [-0.15, -0.1) is 11.8 Å². The third-order valence-electron chi connectivity index (χ3n) is 1.91. The van der Waals surface area contributed by atoms with Gasteiger partial charge in [0.25, 0.3) is 0 Å². The highest BCUT2D eigenvalue weighted by atomic mass is 32.2. The van der Waals surface area contributed by atoms with Crippen LogP contribution < -0.4 is 11.3 Å². The summed E-state index contributed by atoms with van der Waals surface area (Å²) in [7, 11) is 3.77. The van der Waals surface area contributed by atoms with Gasteiger partial charge >= 0.3 is 6.18 Å². The van der Waals surface area contributed by atoms with E-state index in [0.29, 0.717) is 5.75 Å². The molecule has 0 aliphatic heterocycles. The lowest BCUT2D eigenvalue weighted by Gasteiger charge is -2.11. The average Bonchev–Trinajstić information content (AvgIpc) is 2.27. The quantitative estimate of drug-likeness (QED) is 0.368. The van der Waals surface area contributed by atoms with Crippen LogP contribution in [0.25, 0.3) is 0 Å². The highest BCUT2D eigenvalue weighted by Crippen LogP contribution is 2.30. The first-order chi connectivity index (χ1) is 8.32. The highest BCUT2D eigenvalue weighted by molar-refractivity contribution is 7.99. The van der Waals surface area contributed by atoms with E-state index in [4.69, 9.17) is 5.84 Å². The molecule has 3 N–H and O–H groups in total. The van der Waals surface area contributed by atoms with Crippen molar-refractivity contribution in [3.8, 4) is 0 Å². The number of nitrogen functional groups attached to an aromatic ring is 1. The predicted octanol–water partition coefficient (Wildman–Crippen LogP) is 1.43. The van der Waals surface area contributed by atoms with Crippen LogP contribution in [0.1, 0.15) is 5.69 Å². The van der Waals surface area contributed by atoms with Crippen molar-refractivity contribution < 1.29 is 13.2 Å². The first kappa shape index (κ1) is 15.0. The lowest BCUT2D eigenvalue weighted by atomic mass is 10.4. The molecule has 0 fully saturated rings. The summed E-state index contributed by atoms with van der Waals surface area (Å²) in [5.74, 6) is 5.44. The molecular weight excluding hydrogens is 267 g/mol. The number of anilines is 1. The number of nitrogens with zero attached hydrogens (tertiary/aromatic N) is 3. The van der Waals surface area contributed by atoms with E-state index in [0.717, 1.165) is 12.6 Å². The van der Waals surface area contributed by atoms with Crippen molar-refractivity contribution in [3.05, 3.63) is 11.8 Å². The molecule has 0 saturated heterocycles. The second-order valence-corrected chi connectivity index (χ2v) is 4.82. The molecular formula is C9H14F3N5S. The molecule has 0 spiro atoms. The van der Waals surface area contributed by atoms with Crippen molar-refractivity contribution in [2.24, 2.45) is 5.84 Å². The van der Waals surface area contributed by atoms with Crippen molar-refractivity contribution in [2.45, 2.75) is 11.2 Å². The van der Waals surface area contributed by atoms with Crippen molar-refractivity contribution >= 4 is 17.7 Å². The molecule has 1 rings (SSSR count). The summed E-state index contributed by atoms with van der Waals surface area (Å²) >= 11 is 1.22. The molecule has 18 heavy (non-hydrogen) atoms. The maximum atomic E-state index is 12.6. The zero-order valence-corrected chi connectivity index (χ0v) is 10.8. The normalized spacial score (nSPS) is 11.9. The number of aromatic nitrogens is 2. The number of nitrogens with one attached hydrogen (secondary N) is 1. The maximum Gasteiger partial charge on any atom is 0.433 e. The van der Waals surface area contributed by atoms with Gasteiger partial charge in [0.15, 0.2) is 5.69 Å². The average molecular weight is 281 g/mol. The monoisotopic (exact) mass is 281 g/mol. The summed E-state index contributed by atoms with van der Waals surface area (Å²) in [4.78, 5) is 9.06. The molecule has 0 unspecified atom stereocenters.